The number of para-hydroxylation sites is 1. The van der Waals surface area contributed by atoms with Crippen LogP contribution < -0.4 is 5.32 Å². The first-order valence-corrected chi connectivity index (χ1v) is 8.87. The van der Waals surface area contributed by atoms with Crippen LogP contribution in [0.3, 0.4) is 0 Å². The zero-order valence-corrected chi connectivity index (χ0v) is 15.3. The van der Waals surface area contributed by atoms with Crippen LogP contribution in [0, 0.1) is 18.3 Å². The standard InChI is InChI=1S/C22H20N4O/c1-15-19(12-17(13-23)25(15)2)21-24-20-11-7-6-10-18(20)22(27)26(21)14-16-8-4-3-5-9-16/h3-12,21,24H,14H2,1-2H3/t21-/m0/s1. The van der Waals surface area contributed by atoms with Crippen LogP contribution in [0.5, 0.6) is 0 Å². The Hall–Kier alpha value is -3.52. The van der Waals surface area contributed by atoms with E-state index in [2.05, 4.69) is 11.4 Å². The first-order valence-electron chi connectivity index (χ1n) is 8.87. The molecule has 4 rings (SSSR count). The molecule has 0 fully saturated rings. The van der Waals surface area contributed by atoms with Crippen LogP contribution in [0.4, 0.5) is 5.69 Å². The zero-order chi connectivity index (χ0) is 19.0. The average Bonchev–Trinajstić information content (AvgIpc) is 2.99. The lowest BCUT2D eigenvalue weighted by atomic mass is 10.0. The molecule has 5 heteroatoms. The number of benzene rings is 2. The van der Waals surface area contributed by atoms with E-state index < -0.39 is 0 Å². The van der Waals surface area contributed by atoms with Crippen molar-refractivity contribution in [3.05, 3.63) is 88.7 Å². The van der Waals surface area contributed by atoms with Crippen LogP contribution in [-0.4, -0.2) is 15.4 Å². The number of nitrogens with zero attached hydrogens (tertiary/aromatic N) is 3. The third kappa shape index (κ3) is 2.85. The molecule has 1 amide bonds. The van der Waals surface area contributed by atoms with Gasteiger partial charge in [-0.15, -0.1) is 0 Å². The van der Waals surface area contributed by atoms with E-state index in [-0.39, 0.29) is 12.1 Å². The molecule has 0 radical (unpaired) electrons. The molecule has 0 spiro atoms. The topological polar surface area (TPSA) is 61.1 Å². The summed E-state index contributed by atoms with van der Waals surface area (Å²) in [4.78, 5) is 15.1. The highest BCUT2D eigenvalue weighted by atomic mass is 16.2. The quantitative estimate of drug-likeness (QED) is 0.772. The number of aromatic nitrogens is 1. The second-order valence-electron chi connectivity index (χ2n) is 6.75. The molecule has 0 saturated heterocycles. The van der Waals surface area contributed by atoms with Gasteiger partial charge in [-0.25, -0.2) is 0 Å². The van der Waals surface area contributed by atoms with Gasteiger partial charge in [-0.3, -0.25) is 4.79 Å². The van der Waals surface area contributed by atoms with E-state index in [1.807, 2.05) is 84.1 Å². The summed E-state index contributed by atoms with van der Waals surface area (Å²) >= 11 is 0. The molecule has 1 aliphatic heterocycles. The average molecular weight is 356 g/mol. The fourth-order valence-corrected chi connectivity index (χ4v) is 3.59. The number of hydrogen-bond acceptors (Lipinski definition) is 3. The molecule has 2 aromatic carbocycles. The minimum absolute atomic E-state index is 0.0139. The summed E-state index contributed by atoms with van der Waals surface area (Å²) in [6.07, 6.45) is -0.332. The summed E-state index contributed by atoms with van der Waals surface area (Å²) in [5.74, 6) is -0.0139. The summed E-state index contributed by atoms with van der Waals surface area (Å²) in [5, 5.41) is 12.9. The molecule has 1 aromatic heterocycles. The molecule has 27 heavy (non-hydrogen) atoms. The molecular formula is C22H20N4O. The first kappa shape index (κ1) is 16.9. The van der Waals surface area contributed by atoms with Crippen LogP contribution in [0.2, 0.25) is 0 Å². The Labute approximate surface area is 158 Å². The maximum Gasteiger partial charge on any atom is 0.258 e. The second-order valence-corrected chi connectivity index (χ2v) is 6.75. The molecule has 0 unspecified atom stereocenters. The van der Waals surface area contributed by atoms with Crippen molar-refractivity contribution in [3.8, 4) is 6.07 Å². The molecule has 1 atom stereocenters. The molecular weight excluding hydrogens is 336 g/mol. The summed E-state index contributed by atoms with van der Waals surface area (Å²) in [5.41, 5.74) is 5.03. The monoisotopic (exact) mass is 356 g/mol. The molecule has 1 aliphatic rings. The summed E-state index contributed by atoms with van der Waals surface area (Å²) < 4.78 is 1.86. The molecule has 5 nitrogen and oxygen atoms in total. The number of rotatable bonds is 3. The van der Waals surface area contributed by atoms with Crippen molar-refractivity contribution in [1.29, 1.82) is 5.26 Å². The second kappa shape index (κ2) is 6.65. The van der Waals surface area contributed by atoms with Crippen molar-refractivity contribution >= 4 is 11.6 Å². The molecule has 0 aliphatic carbocycles. The Morgan fingerprint density at radius 1 is 1.11 bits per heavy atom. The number of fused-ring (bicyclic) bond motifs is 1. The summed E-state index contributed by atoms with van der Waals surface area (Å²) in [6, 6.07) is 21.6. The van der Waals surface area contributed by atoms with Crippen LogP contribution in [0.15, 0.2) is 60.7 Å². The van der Waals surface area contributed by atoms with E-state index in [4.69, 9.17) is 0 Å². The number of anilines is 1. The number of nitriles is 1. The van der Waals surface area contributed by atoms with E-state index in [0.29, 0.717) is 17.8 Å². The molecule has 1 N–H and O–H groups in total. The van der Waals surface area contributed by atoms with Crippen molar-refractivity contribution in [2.24, 2.45) is 7.05 Å². The van der Waals surface area contributed by atoms with E-state index in [9.17, 15) is 10.1 Å². The fraction of sp³-hybridized carbons (Fsp3) is 0.182. The third-order valence-electron chi connectivity index (χ3n) is 5.20. The molecule has 134 valence electrons. The maximum absolute atomic E-state index is 13.3. The smallest absolute Gasteiger partial charge is 0.258 e. The van der Waals surface area contributed by atoms with Gasteiger partial charge in [0.15, 0.2) is 0 Å². The van der Waals surface area contributed by atoms with Crippen molar-refractivity contribution < 1.29 is 4.79 Å². The van der Waals surface area contributed by atoms with Gasteiger partial charge in [0.25, 0.3) is 5.91 Å². The van der Waals surface area contributed by atoms with E-state index in [1.54, 1.807) is 0 Å². The lowest BCUT2D eigenvalue weighted by Gasteiger charge is -2.38. The van der Waals surface area contributed by atoms with Crippen molar-refractivity contribution in [3.63, 3.8) is 0 Å². The molecule has 0 saturated carbocycles. The molecule has 2 heterocycles. The van der Waals surface area contributed by atoms with Crippen LogP contribution >= 0.6 is 0 Å². The highest BCUT2D eigenvalue weighted by Gasteiger charge is 2.34. The van der Waals surface area contributed by atoms with Gasteiger partial charge in [-0.1, -0.05) is 42.5 Å². The Bertz CT molecular complexity index is 1050. The normalized spacial score (nSPS) is 15.8. The van der Waals surface area contributed by atoms with Gasteiger partial charge in [0.1, 0.15) is 17.9 Å². The van der Waals surface area contributed by atoms with Crippen molar-refractivity contribution in [1.82, 2.24) is 9.47 Å². The van der Waals surface area contributed by atoms with Gasteiger partial charge >= 0.3 is 0 Å². The largest absolute Gasteiger partial charge is 0.361 e. The van der Waals surface area contributed by atoms with Crippen molar-refractivity contribution in [2.45, 2.75) is 19.6 Å². The van der Waals surface area contributed by atoms with Crippen LogP contribution in [-0.2, 0) is 13.6 Å². The van der Waals surface area contributed by atoms with Crippen LogP contribution in [0.1, 0.15) is 39.0 Å². The lowest BCUT2D eigenvalue weighted by Crippen LogP contribution is -2.42. The minimum Gasteiger partial charge on any atom is -0.361 e. The summed E-state index contributed by atoms with van der Waals surface area (Å²) in [7, 11) is 1.87. The Kier molecular flexibility index (Phi) is 4.17. The van der Waals surface area contributed by atoms with Gasteiger partial charge in [0.2, 0.25) is 0 Å². The lowest BCUT2D eigenvalue weighted by molar-refractivity contribution is 0.0666. The van der Waals surface area contributed by atoms with Gasteiger partial charge < -0.3 is 14.8 Å². The Morgan fingerprint density at radius 2 is 1.81 bits per heavy atom. The van der Waals surface area contributed by atoms with Gasteiger partial charge in [-0.05, 0) is 30.7 Å². The number of nitrogens with one attached hydrogen (secondary N) is 1. The number of carbonyl (C=O) groups excluding carboxylic acids is 1. The predicted molar refractivity (Wildman–Crippen MR) is 104 cm³/mol. The van der Waals surface area contributed by atoms with Gasteiger partial charge in [0.05, 0.1) is 5.56 Å². The van der Waals surface area contributed by atoms with Gasteiger partial charge in [-0.2, -0.15) is 5.26 Å². The van der Waals surface area contributed by atoms with E-state index >= 15 is 0 Å². The maximum atomic E-state index is 13.3. The zero-order valence-electron chi connectivity index (χ0n) is 15.3. The van der Waals surface area contributed by atoms with E-state index in [1.165, 1.54) is 0 Å². The molecule has 0 bridgehead atoms. The van der Waals surface area contributed by atoms with Gasteiger partial charge in [0, 0.05) is 30.5 Å². The summed E-state index contributed by atoms with van der Waals surface area (Å²) in [6.45, 7) is 2.46. The fourth-order valence-electron chi connectivity index (χ4n) is 3.59. The first-order chi connectivity index (χ1) is 13.1. The minimum atomic E-state index is -0.332. The highest BCUT2D eigenvalue weighted by Crippen LogP contribution is 2.36. The van der Waals surface area contributed by atoms with Crippen LogP contribution in [0.25, 0.3) is 0 Å². The Balaban J connectivity index is 1.82. The van der Waals surface area contributed by atoms with E-state index in [0.717, 1.165) is 22.5 Å². The van der Waals surface area contributed by atoms with Crippen molar-refractivity contribution in [2.75, 3.05) is 5.32 Å². The highest BCUT2D eigenvalue weighted by molar-refractivity contribution is 6.01. The third-order valence-corrected chi connectivity index (χ3v) is 5.20. The number of carbonyl (C=O) groups is 1. The Morgan fingerprint density at radius 3 is 2.52 bits per heavy atom. The molecule has 3 aromatic rings. The predicted octanol–water partition coefficient (Wildman–Crippen LogP) is 3.97. The number of amides is 1. The number of hydrogen-bond donors (Lipinski definition) is 1. The SMILES string of the molecule is Cc1c([C@H]2Nc3ccccc3C(=O)N2Cc2ccccc2)cc(C#N)n1C.